The molecule has 0 aromatic carbocycles. The van der Waals surface area contributed by atoms with E-state index in [4.69, 9.17) is 5.73 Å². The summed E-state index contributed by atoms with van der Waals surface area (Å²) in [5.41, 5.74) is 5.72. The van der Waals surface area contributed by atoms with Crippen LogP contribution in [0.15, 0.2) is 0 Å². The maximum atomic E-state index is 11.5. The summed E-state index contributed by atoms with van der Waals surface area (Å²) in [4.78, 5) is 23.9. The van der Waals surface area contributed by atoms with Gasteiger partial charge in [-0.2, -0.15) is 9.97 Å². The van der Waals surface area contributed by atoms with Crippen LogP contribution in [-0.2, 0) is 0 Å². The molecule has 2 rings (SSSR count). The number of nitro groups is 1. The lowest BCUT2D eigenvalue weighted by Gasteiger charge is -2.22. The quantitative estimate of drug-likeness (QED) is 0.390. The second kappa shape index (κ2) is 10.1. The molecule has 9 nitrogen and oxygen atoms in total. The number of nitrogens with one attached hydrogen (secondary N) is 1. The largest absolute Gasteiger partial charge is 0.378 e. The third kappa shape index (κ3) is 5.42. The Bertz CT molecular complexity index is 585. The van der Waals surface area contributed by atoms with Crippen molar-refractivity contribution in [2.24, 2.45) is 0 Å². The summed E-state index contributed by atoms with van der Waals surface area (Å²) in [6.07, 6.45) is 5.24. The molecule has 0 aliphatic carbocycles. The standard InChI is InChI=1S/C17H31N7O2/c1-3-22(4-2)11-9-10-19-17-20-15(18)14(24(25)26)16(21-17)23-12-7-5-6-8-13-23/h3-13H2,1-2H3,(H3,18,19,20,21). The summed E-state index contributed by atoms with van der Waals surface area (Å²) in [5.74, 6) is 0.637. The van der Waals surface area contributed by atoms with Crippen LogP contribution < -0.4 is 16.0 Å². The van der Waals surface area contributed by atoms with Crippen LogP contribution in [0.1, 0.15) is 46.0 Å². The molecule has 2 heterocycles. The Kier molecular flexibility index (Phi) is 7.83. The molecule has 0 unspecified atom stereocenters. The summed E-state index contributed by atoms with van der Waals surface area (Å²) in [7, 11) is 0. The van der Waals surface area contributed by atoms with Gasteiger partial charge in [0.25, 0.3) is 0 Å². The molecule has 146 valence electrons. The Hall–Kier alpha value is -2.16. The highest BCUT2D eigenvalue weighted by Crippen LogP contribution is 2.33. The fourth-order valence-electron chi connectivity index (χ4n) is 3.26. The average molecular weight is 365 g/mol. The molecular weight excluding hydrogens is 334 g/mol. The lowest BCUT2D eigenvalue weighted by molar-refractivity contribution is -0.383. The minimum Gasteiger partial charge on any atom is -0.378 e. The molecule has 0 saturated carbocycles. The highest BCUT2D eigenvalue weighted by molar-refractivity contribution is 5.71. The number of nitrogens with zero attached hydrogens (tertiary/aromatic N) is 5. The first kappa shape index (κ1) is 20.2. The van der Waals surface area contributed by atoms with Gasteiger partial charge in [0.1, 0.15) is 0 Å². The van der Waals surface area contributed by atoms with Crippen molar-refractivity contribution in [3.8, 4) is 0 Å². The normalized spacial score (nSPS) is 15.1. The minimum absolute atomic E-state index is 0.0736. The van der Waals surface area contributed by atoms with E-state index in [2.05, 4.69) is 34.0 Å². The van der Waals surface area contributed by atoms with Crippen LogP contribution >= 0.6 is 0 Å². The van der Waals surface area contributed by atoms with Gasteiger partial charge in [0.2, 0.25) is 17.6 Å². The van der Waals surface area contributed by atoms with Gasteiger partial charge in [0, 0.05) is 19.6 Å². The molecule has 0 atom stereocenters. The third-order valence-corrected chi connectivity index (χ3v) is 4.81. The van der Waals surface area contributed by atoms with Gasteiger partial charge in [-0.05, 0) is 38.9 Å². The first-order valence-electron chi connectivity index (χ1n) is 9.59. The molecular formula is C17H31N7O2. The van der Waals surface area contributed by atoms with Crippen LogP contribution in [0.25, 0.3) is 0 Å². The molecule has 1 aromatic rings. The number of nitrogen functional groups attached to an aromatic ring is 1. The summed E-state index contributed by atoms with van der Waals surface area (Å²) >= 11 is 0. The van der Waals surface area contributed by atoms with Crippen molar-refractivity contribution in [1.29, 1.82) is 0 Å². The summed E-state index contributed by atoms with van der Waals surface area (Å²) < 4.78 is 0. The van der Waals surface area contributed by atoms with Gasteiger partial charge in [-0.25, -0.2) is 0 Å². The molecule has 3 N–H and O–H groups in total. The molecule has 0 bridgehead atoms. The Labute approximate surface area is 155 Å². The Morgan fingerprint density at radius 2 is 1.85 bits per heavy atom. The highest BCUT2D eigenvalue weighted by Gasteiger charge is 2.27. The number of anilines is 3. The van der Waals surface area contributed by atoms with Crippen LogP contribution in [-0.4, -0.2) is 59.1 Å². The molecule has 1 aliphatic rings. The van der Waals surface area contributed by atoms with E-state index in [9.17, 15) is 10.1 Å². The topological polar surface area (TPSA) is 113 Å². The van der Waals surface area contributed by atoms with Crippen LogP contribution in [0.2, 0.25) is 0 Å². The average Bonchev–Trinajstić information content (AvgIpc) is 2.90. The predicted octanol–water partition coefficient (Wildman–Crippen LogP) is 2.49. The number of hydrogen-bond donors (Lipinski definition) is 2. The molecule has 0 spiro atoms. The lowest BCUT2D eigenvalue weighted by Crippen LogP contribution is -2.27. The van der Waals surface area contributed by atoms with E-state index >= 15 is 0 Å². The predicted molar refractivity (Wildman–Crippen MR) is 105 cm³/mol. The van der Waals surface area contributed by atoms with E-state index in [0.717, 1.165) is 64.8 Å². The van der Waals surface area contributed by atoms with Crippen molar-refractivity contribution in [2.75, 3.05) is 55.2 Å². The van der Waals surface area contributed by atoms with Crippen molar-refractivity contribution in [2.45, 2.75) is 46.0 Å². The van der Waals surface area contributed by atoms with Crippen LogP contribution in [0.5, 0.6) is 0 Å². The Morgan fingerprint density at radius 1 is 1.19 bits per heavy atom. The van der Waals surface area contributed by atoms with Gasteiger partial charge in [-0.3, -0.25) is 10.1 Å². The zero-order chi connectivity index (χ0) is 18.9. The third-order valence-electron chi connectivity index (χ3n) is 4.81. The molecule has 1 saturated heterocycles. The molecule has 1 aromatic heterocycles. The SMILES string of the molecule is CCN(CC)CCCNc1nc(N)c([N+](=O)[O-])c(N2CCCCCC2)n1. The Balaban J connectivity index is 2.11. The van der Waals surface area contributed by atoms with Gasteiger partial charge in [0.05, 0.1) is 4.92 Å². The molecule has 9 heteroatoms. The van der Waals surface area contributed by atoms with E-state index in [-0.39, 0.29) is 11.5 Å². The molecule has 1 fully saturated rings. The maximum Gasteiger partial charge on any atom is 0.353 e. The summed E-state index contributed by atoms with van der Waals surface area (Å²) in [6.45, 7) is 9.55. The minimum atomic E-state index is -0.473. The van der Waals surface area contributed by atoms with E-state index < -0.39 is 4.92 Å². The fraction of sp³-hybridized carbons (Fsp3) is 0.765. The second-order valence-electron chi connectivity index (χ2n) is 6.57. The zero-order valence-corrected chi connectivity index (χ0v) is 15.9. The first-order chi connectivity index (χ1) is 12.6. The molecule has 26 heavy (non-hydrogen) atoms. The molecule has 1 aliphatic heterocycles. The lowest BCUT2D eigenvalue weighted by atomic mass is 10.2. The monoisotopic (exact) mass is 365 g/mol. The second-order valence-corrected chi connectivity index (χ2v) is 6.57. The number of rotatable bonds is 9. The van der Waals surface area contributed by atoms with Crippen LogP contribution in [0.4, 0.5) is 23.3 Å². The fourth-order valence-corrected chi connectivity index (χ4v) is 3.26. The number of nitrogens with two attached hydrogens (primary N) is 1. The van der Waals surface area contributed by atoms with E-state index in [1.54, 1.807) is 0 Å². The smallest absolute Gasteiger partial charge is 0.353 e. The van der Waals surface area contributed by atoms with Crippen molar-refractivity contribution in [1.82, 2.24) is 14.9 Å². The maximum absolute atomic E-state index is 11.5. The van der Waals surface area contributed by atoms with Gasteiger partial charge in [-0.1, -0.05) is 26.7 Å². The van der Waals surface area contributed by atoms with Crippen molar-refractivity contribution >= 4 is 23.3 Å². The van der Waals surface area contributed by atoms with E-state index in [1.807, 2.05) is 4.90 Å². The van der Waals surface area contributed by atoms with E-state index in [1.165, 1.54) is 0 Å². The molecule has 0 amide bonds. The summed E-state index contributed by atoms with van der Waals surface area (Å²) in [6, 6.07) is 0. The number of hydrogen-bond acceptors (Lipinski definition) is 8. The first-order valence-corrected chi connectivity index (χ1v) is 9.59. The van der Waals surface area contributed by atoms with Crippen molar-refractivity contribution in [3.63, 3.8) is 0 Å². The van der Waals surface area contributed by atoms with E-state index in [0.29, 0.717) is 18.3 Å². The molecule has 0 radical (unpaired) electrons. The van der Waals surface area contributed by atoms with Crippen LogP contribution in [0, 0.1) is 10.1 Å². The Morgan fingerprint density at radius 3 is 2.42 bits per heavy atom. The van der Waals surface area contributed by atoms with Gasteiger partial charge >= 0.3 is 5.69 Å². The van der Waals surface area contributed by atoms with Gasteiger partial charge in [0.15, 0.2) is 0 Å². The van der Waals surface area contributed by atoms with Crippen LogP contribution in [0.3, 0.4) is 0 Å². The highest BCUT2D eigenvalue weighted by atomic mass is 16.6. The van der Waals surface area contributed by atoms with Gasteiger partial charge in [-0.15, -0.1) is 0 Å². The van der Waals surface area contributed by atoms with Crippen molar-refractivity contribution in [3.05, 3.63) is 10.1 Å². The summed E-state index contributed by atoms with van der Waals surface area (Å²) in [5, 5.41) is 14.6. The van der Waals surface area contributed by atoms with Crippen molar-refractivity contribution < 1.29 is 4.92 Å². The zero-order valence-electron chi connectivity index (χ0n) is 15.9. The van der Waals surface area contributed by atoms with Gasteiger partial charge < -0.3 is 20.9 Å². The number of aromatic nitrogens is 2.